The van der Waals surface area contributed by atoms with E-state index in [1.54, 1.807) is 0 Å². The fourth-order valence-electron chi connectivity index (χ4n) is 4.22. The first-order chi connectivity index (χ1) is 13.2. The molecule has 3 nitrogen and oxygen atoms in total. The van der Waals surface area contributed by atoms with Crippen molar-refractivity contribution in [3.8, 4) is 0 Å². The minimum Gasteiger partial charge on any atom is -0.361 e. The fourth-order valence-corrected chi connectivity index (χ4v) is 4.22. The highest BCUT2D eigenvalue weighted by atomic mass is 16.2. The zero-order valence-electron chi connectivity index (χ0n) is 16.0. The molecule has 1 aromatic heterocycles. The molecule has 140 valence electrons. The summed E-state index contributed by atoms with van der Waals surface area (Å²) in [4.78, 5) is 18.5. The summed E-state index contributed by atoms with van der Waals surface area (Å²) in [7, 11) is 0. The number of benzene rings is 2. The Bertz CT molecular complexity index is 891. The minimum atomic E-state index is 0.190. The second-order valence-corrected chi connectivity index (χ2v) is 7.94. The molecule has 1 saturated heterocycles. The fraction of sp³-hybridized carbons (Fsp3) is 0.375. The molecule has 1 unspecified atom stereocenters. The average Bonchev–Trinajstić information content (AvgIpc) is 3.13. The van der Waals surface area contributed by atoms with Crippen molar-refractivity contribution < 1.29 is 4.79 Å². The third-order valence-corrected chi connectivity index (χ3v) is 5.94. The highest BCUT2D eigenvalue weighted by Crippen LogP contribution is 2.32. The molecule has 0 radical (unpaired) electrons. The molecular weight excluding hydrogens is 332 g/mol. The smallest absolute Gasteiger partial charge is 0.223 e. The predicted octanol–water partition coefficient (Wildman–Crippen LogP) is 5.14. The molecule has 27 heavy (non-hydrogen) atoms. The molecule has 1 atom stereocenters. The van der Waals surface area contributed by atoms with Gasteiger partial charge in [-0.05, 0) is 48.3 Å². The van der Waals surface area contributed by atoms with E-state index in [1.807, 2.05) is 6.07 Å². The molecule has 1 N–H and O–H groups in total. The summed E-state index contributed by atoms with van der Waals surface area (Å²) in [6, 6.07) is 18.9. The van der Waals surface area contributed by atoms with Gasteiger partial charge in [0.25, 0.3) is 0 Å². The number of carbonyl (C=O) groups is 1. The third kappa shape index (κ3) is 4.08. The Balaban J connectivity index is 1.59. The van der Waals surface area contributed by atoms with Crippen molar-refractivity contribution in [3.63, 3.8) is 0 Å². The number of aromatic nitrogens is 1. The van der Waals surface area contributed by atoms with Gasteiger partial charge in [0.05, 0.1) is 0 Å². The van der Waals surface area contributed by atoms with Crippen LogP contribution in [0.2, 0.25) is 0 Å². The van der Waals surface area contributed by atoms with Crippen LogP contribution in [-0.2, 0) is 11.2 Å². The van der Waals surface area contributed by atoms with Gasteiger partial charge in [0.15, 0.2) is 0 Å². The Morgan fingerprint density at radius 3 is 2.56 bits per heavy atom. The lowest BCUT2D eigenvalue weighted by Gasteiger charge is -2.31. The number of nitrogens with one attached hydrogen (secondary N) is 1. The minimum absolute atomic E-state index is 0.190. The molecule has 0 spiro atoms. The van der Waals surface area contributed by atoms with Crippen molar-refractivity contribution in [1.29, 1.82) is 0 Å². The molecule has 0 aliphatic carbocycles. The Labute approximate surface area is 161 Å². The molecule has 2 heterocycles. The maximum atomic E-state index is 13.1. The van der Waals surface area contributed by atoms with Crippen molar-refractivity contribution in [2.75, 3.05) is 13.1 Å². The van der Waals surface area contributed by atoms with E-state index in [4.69, 9.17) is 0 Å². The van der Waals surface area contributed by atoms with Crippen LogP contribution in [0.3, 0.4) is 0 Å². The Morgan fingerprint density at radius 1 is 1.07 bits per heavy atom. The number of likely N-dealkylation sites (tertiary alicyclic amines) is 1. The molecule has 4 rings (SSSR count). The number of H-pyrrole nitrogens is 1. The molecule has 3 heteroatoms. The lowest BCUT2D eigenvalue weighted by molar-refractivity contribution is -0.132. The Hall–Kier alpha value is -2.55. The van der Waals surface area contributed by atoms with Gasteiger partial charge >= 0.3 is 0 Å². The van der Waals surface area contributed by atoms with E-state index in [0.717, 1.165) is 43.8 Å². The number of nitrogens with zero attached hydrogens (tertiary/aromatic N) is 1. The first-order valence-electron chi connectivity index (χ1n) is 10.1. The number of hydrogen-bond acceptors (Lipinski definition) is 1. The summed E-state index contributed by atoms with van der Waals surface area (Å²) in [5, 5.41) is 1.23. The van der Waals surface area contributed by atoms with Gasteiger partial charge < -0.3 is 9.88 Å². The van der Waals surface area contributed by atoms with E-state index in [-0.39, 0.29) is 5.92 Å². The number of carbonyl (C=O) groups excluding carboxylic acids is 1. The molecule has 0 saturated carbocycles. The van der Waals surface area contributed by atoms with Gasteiger partial charge in [-0.2, -0.15) is 0 Å². The quantitative estimate of drug-likeness (QED) is 0.672. The van der Waals surface area contributed by atoms with Crippen LogP contribution in [0.15, 0.2) is 60.8 Å². The number of fused-ring (bicyclic) bond motifs is 1. The first kappa shape index (κ1) is 17.8. The highest BCUT2D eigenvalue weighted by molar-refractivity contribution is 5.85. The van der Waals surface area contributed by atoms with E-state index >= 15 is 0 Å². The van der Waals surface area contributed by atoms with Crippen molar-refractivity contribution in [3.05, 3.63) is 71.9 Å². The van der Waals surface area contributed by atoms with Crippen LogP contribution in [0.4, 0.5) is 0 Å². The Kier molecular flexibility index (Phi) is 5.28. The van der Waals surface area contributed by atoms with E-state index < -0.39 is 0 Å². The lowest BCUT2D eigenvalue weighted by Crippen LogP contribution is -2.38. The maximum Gasteiger partial charge on any atom is 0.223 e. The molecular formula is C24H28N2O. The van der Waals surface area contributed by atoms with Gasteiger partial charge in [0.2, 0.25) is 5.91 Å². The van der Waals surface area contributed by atoms with Crippen molar-refractivity contribution in [2.24, 2.45) is 5.92 Å². The molecule has 1 aliphatic rings. The number of para-hydroxylation sites is 1. The molecule has 1 fully saturated rings. The van der Waals surface area contributed by atoms with Gasteiger partial charge in [-0.1, -0.05) is 55.5 Å². The topological polar surface area (TPSA) is 36.1 Å². The van der Waals surface area contributed by atoms with Crippen LogP contribution >= 0.6 is 0 Å². The van der Waals surface area contributed by atoms with Gasteiger partial charge in [-0.15, -0.1) is 0 Å². The second kappa shape index (κ2) is 7.99. The lowest BCUT2D eigenvalue weighted by atomic mass is 9.88. The second-order valence-electron chi connectivity index (χ2n) is 7.94. The summed E-state index contributed by atoms with van der Waals surface area (Å²) in [5.74, 6) is 1.23. The van der Waals surface area contributed by atoms with Crippen LogP contribution in [0.1, 0.15) is 43.2 Å². The zero-order chi connectivity index (χ0) is 18.6. The predicted molar refractivity (Wildman–Crippen MR) is 111 cm³/mol. The van der Waals surface area contributed by atoms with Crippen molar-refractivity contribution in [1.82, 2.24) is 9.88 Å². The van der Waals surface area contributed by atoms with Crippen molar-refractivity contribution >= 4 is 16.8 Å². The third-order valence-electron chi connectivity index (χ3n) is 5.94. The van der Waals surface area contributed by atoms with E-state index in [9.17, 15) is 4.79 Å². The molecule has 1 aliphatic heterocycles. The SMILES string of the molecule is CC1CCN(C(=O)CC(Cc2ccccc2)c2c[nH]c3ccccc23)CC1. The van der Waals surface area contributed by atoms with E-state index in [1.165, 1.54) is 16.5 Å². The monoisotopic (exact) mass is 360 g/mol. The summed E-state index contributed by atoms with van der Waals surface area (Å²) in [5.41, 5.74) is 3.69. The molecule has 0 bridgehead atoms. The maximum absolute atomic E-state index is 13.1. The molecule has 3 aromatic rings. The largest absolute Gasteiger partial charge is 0.361 e. The average molecular weight is 361 g/mol. The standard InChI is InChI=1S/C24H28N2O/c1-18-11-13-26(14-12-18)24(27)16-20(15-19-7-3-2-4-8-19)22-17-25-23-10-6-5-9-21(22)23/h2-10,17-18,20,25H,11-16H2,1H3. The first-order valence-corrected chi connectivity index (χ1v) is 10.1. The zero-order valence-corrected chi connectivity index (χ0v) is 16.0. The van der Waals surface area contributed by atoms with Crippen LogP contribution in [0.25, 0.3) is 10.9 Å². The van der Waals surface area contributed by atoms with Gasteiger partial charge in [0, 0.05) is 36.6 Å². The number of aromatic amines is 1. The van der Waals surface area contributed by atoms with Gasteiger partial charge in [-0.25, -0.2) is 0 Å². The highest BCUT2D eigenvalue weighted by Gasteiger charge is 2.25. The van der Waals surface area contributed by atoms with E-state index in [2.05, 4.69) is 71.5 Å². The van der Waals surface area contributed by atoms with E-state index in [0.29, 0.717) is 12.3 Å². The normalized spacial score (nSPS) is 16.6. The van der Waals surface area contributed by atoms with Gasteiger partial charge in [-0.3, -0.25) is 4.79 Å². The number of rotatable bonds is 5. The summed E-state index contributed by atoms with van der Waals surface area (Å²) >= 11 is 0. The number of hydrogen-bond donors (Lipinski definition) is 1. The van der Waals surface area contributed by atoms with Crippen LogP contribution in [0.5, 0.6) is 0 Å². The molecule has 1 amide bonds. The summed E-state index contributed by atoms with van der Waals surface area (Å²) in [6.45, 7) is 4.10. The summed E-state index contributed by atoms with van der Waals surface area (Å²) < 4.78 is 0. The van der Waals surface area contributed by atoms with Crippen LogP contribution in [0, 0.1) is 5.92 Å². The Morgan fingerprint density at radius 2 is 1.78 bits per heavy atom. The molecule has 2 aromatic carbocycles. The van der Waals surface area contributed by atoms with Crippen molar-refractivity contribution in [2.45, 2.75) is 38.5 Å². The number of piperidine rings is 1. The summed E-state index contributed by atoms with van der Waals surface area (Å²) in [6.07, 6.45) is 5.82. The van der Waals surface area contributed by atoms with Crippen LogP contribution < -0.4 is 0 Å². The van der Waals surface area contributed by atoms with Gasteiger partial charge in [0.1, 0.15) is 0 Å². The number of amides is 1. The van der Waals surface area contributed by atoms with Crippen LogP contribution in [-0.4, -0.2) is 28.9 Å².